The molecule has 34 heavy (non-hydrogen) atoms. The van der Waals surface area contributed by atoms with Gasteiger partial charge in [-0.3, -0.25) is 9.10 Å². The number of amides is 1. The van der Waals surface area contributed by atoms with Crippen LogP contribution in [0.4, 0.5) is 11.4 Å². The van der Waals surface area contributed by atoms with Gasteiger partial charge >= 0.3 is 5.97 Å². The summed E-state index contributed by atoms with van der Waals surface area (Å²) in [5, 5.41) is 2.47. The van der Waals surface area contributed by atoms with E-state index >= 15 is 0 Å². The molecule has 178 valence electrons. The van der Waals surface area contributed by atoms with E-state index in [1.54, 1.807) is 37.3 Å². The summed E-state index contributed by atoms with van der Waals surface area (Å²) in [5.41, 5.74) is 0.653. The summed E-state index contributed by atoms with van der Waals surface area (Å²) in [7, 11) is -4.03. The van der Waals surface area contributed by atoms with E-state index in [-0.39, 0.29) is 38.0 Å². The number of nitrogens with zero attached hydrogens (tertiary/aromatic N) is 2. The van der Waals surface area contributed by atoms with E-state index in [9.17, 15) is 18.0 Å². The second kappa shape index (κ2) is 11.1. The monoisotopic (exact) mass is 541 g/mol. The molecule has 1 heterocycles. The molecule has 0 aliphatic rings. The van der Waals surface area contributed by atoms with Crippen LogP contribution in [-0.4, -0.2) is 38.4 Å². The number of hydrogen-bond donors (Lipinski definition) is 1. The largest absolute Gasteiger partial charge is 0.452 e. The van der Waals surface area contributed by atoms with Crippen molar-refractivity contribution < 1.29 is 22.7 Å². The second-order valence-corrected chi connectivity index (χ2v) is 9.79. The lowest BCUT2D eigenvalue weighted by Crippen LogP contribution is -2.31. The molecule has 0 aliphatic heterocycles. The number of carbonyl (C=O) groups is 2. The van der Waals surface area contributed by atoms with Crippen molar-refractivity contribution in [2.24, 2.45) is 0 Å². The van der Waals surface area contributed by atoms with Crippen molar-refractivity contribution in [2.75, 3.05) is 22.8 Å². The third-order valence-electron chi connectivity index (χ3n) is 4.45. The number of esters is 1. The van der Waals surface area contributed by atoms with E-state index in [4.69, 9.17) is 39.5 Å². The molecule has 0 radical (unpaired) electrons. The lowest BCUT2D eigenvalue weighted by atomic mass is 10.3. The Morgan fingerprint density at radius 1 is 1.00 bits per heavy atom. The van der Waals surface area contributed by atoms with Crippen molar-refractivity contribution in [3.8, 4) is 0 Å². The zero-order valence-electron chi connectivity index (χ0n) is 17.7. The standard InChI is InChI=1S/C22H18Cl3N3O5S/c1-2-28(16-6-4-3-5-7-16)34(31,32)18-12-15(8-9-17(18)23)26-21(29)13-33-22(30)14-10-19(24)27-20(25)11-14/h3-12H,2,13H2,1H3,(H,26,29). The van der Waals surface area contributed by atoms with Crippen molar-refractivity contribution in [3.05, 3.63) is 81.6 Å². The summed E-state index contributed by atoms with van der Waals surface area (Å²) < 4.78 is 32.7. The fourth-order valence-electron chi connectivity index (χ4n) is 2.98. The molecule has 0 fully saturated rings. The van der Waals surface area contributed by atoms with Crippen LogP contribution in [0, 0.1) is 0 Å². The van der Waals surface area contributed by atoms with Gasteiger partial charge in [-0.05, 0) is 49.4 Å². The minimum absolute atomic E-state index is 0.00423. The van der Waals surface area contributed by atoms with E-state index in [0.717, 1.165) is 0 Å². The topological polar surface area (TPSA) is 106 Å². The average molecular weight is 543 g/mol. The molecule has 2 aromatic carbocycles. The number of sulfonamides is 1. The van der Waals surface area contributed by atoms with Crippen molar-refractivity contribution in [2.45, 2.75) is 11.8 Å². The Morgan fingerprint density at radius 2 is 1.65 bits per heavy atom. The quantitative estimate of drug-likeness (QED) is 0.315. The third-order valence-corrected chi connectivity index (χ3v) is 7.22. The van der Waals surface area contributed by atoms with Gasteiger partial charge in [0.05, 0.1) is 16.3 Å². The Balaban J connectivity index is 1.74. The fourth-order valence-corrected chi connectivity index (χ4v) is 5.41. The molecule has 0 unspecified atom stereocenters. The van der Waals surface area contributed by atoms with Gasteiger partial charge in [-0.1, -0.05) is 53.0 Å². The molecule has 1 aromatic heterocycles. The molecule has 0 saturated carbocycles. The maximum Gasteiger partial charge on any atom is 0.338 e. The van der Waals surface area contributed by atoms with Gasteiger partial charge in [0.1, 0.15) is 15.2 Å². The van der Waals surface area contributed by atoms with E-state index in [1.165, 1.54) is 34.6 Å². The first-order valence-corrected chi connectivity index (χ1v) is 12.4. The number of anilines is 2. The Hall–Kier alpha value is -2.85. The molecule has 1 amide bonds. The SMILES string of the molecule is CCN(c1ccccc1)S(=O)(=O)c1cc(NC(=O)COC(=O)c2cc(Cl)nc(Cl)c2)ccc1Cl. The maximum atomic E-state index is 13.3. The summed E-state index contributed by atoms with van der Waals surface area (Å²) in [5.74, 6) is -1.53. The first-order chi connectivity index (χ1) is 16.1. The Labute approximate surface area is 211 Å². The van der Waals surface area contributed by atoms with Crippen LogP contribution < -0.4 is 9.62 Å². The highest BCUT2D eigenvalue weighted by Gasteiger charge is 2.26. The summed E-state index contributed by atoms with van der Waals surface area (Å²) >= 11 is 17.7. The molecule has 0 bridgehead atoms. The Kier molecular flexibility index (Phi) is 8.37. The normalized spacial score (nSPS) is 11.1. The Bertz CT molecular complexity index is 1300. The van der Waals surface area contributed by atoms with Crippen LogP contribution >= 0.6 is 34.8 Å². The number of pyridine rings is 1. The highest BCUT2D eigenvalue weighted by atomic mass is 35.5. The highest BCUT2D eigenvalue weighted by Crippen LogP contribution is 2.30. The molecule has 0 saturated heterocycles. The third kappa shape index (κ3) is 6.18. The maximum absolute atomic E-state index is 13.3. The molecule has 3 rings (SSSR count). The zero-order valence-corrected chi connectivity index (χ0v) is 20.7. The molecule has 0 spiro atoms. The van der Waals surface area contributed by atoms with E-state index < -0.39 is 28.5 Å². The minimum atomic E-state index is -4.03. The van der Waals surface area contributed by atoms with Crippen LogP contribution in [0.5, 0.6) is 0 Å². The number of para-hydroxylation sites is 1. The molecule has 1 N–H and O–H groups in total. The number of ether oxygens (including phenoxy) is 1. The lowest BCUT2D eigenvalue weighted by molar-refractivity contribution is -0.119. The number of halogens is 3. The number of benzene rings is 2. The average Bonchev–Trinajstić information content (AvgIpc) is 2.79. The van der Waals surface area contributed by atoms with Crippen molar-refractivity contribution in [3.63, 3.8) is 0 Å². The van der Waals surface area contributed by atoms with Gasteiger partial charge in [0.25, 0.3) is 15.9 Å². The van der Waals surface area contributed by atoms with Crippen LogP contribution in [0.3, 0.4) is 0 Å². The van der Waals surface area contributed by atoms with E-state index in [2.05, 4.69) is 10.3 Å². The zero-order chi connectivity index (χ0) is 24.9. The fraction of sp³-hybridized carbons (Fsp3) is 0.136. The van der Waals surface area contributed by atoms with Gasteiger partial charge < -0.3 is 10.1 Å². The van der Waals surface area contributed by atoms with Crippen LogP contribution in [0.2, 0.25) is 15.3 Å². The molecule has 0 atom stereocenters. The minimum Gasteiger partial charge on any atom is -0.452 e. The van der Waals surface area contributed by atoms with Gasteiger partial charge in [0, 0.05) is 12.2 Å². The Morgan fingerprint density at radius 3 is 2.26 bits per heavy atom. The second-order valence-electron chi connectivity index (χ2n) is 6.78. The summed E-state index contributed by atoms with van der Waals surface area (Å²) in [6, 6.07) is 15.1. The number of carbonyl (C=O) groups excluding carboxylic acids is 2. The molecule has 3 aromatic rings. The van der Waals surface area contributed by atoms with Gasteiger partial charge in [-0.15, -0.1) is 0 Å². The molecule has 8 nitrogen and oxygen atoms in total. The van der Waals surface area contributed by atoms with Gasteiger partial charge in [0.15, 0.2) is 6.61 Å². The van der Waals surface area contributed by atoms with E-state index in [1.807, 2.05) is 0 Å². The molecule has 0 aliphatic carbocycles. The molecular weight excluding hydrogens is 525 g/mol. The summed E-state index contributed by atoms with van der Waals surface area (Å²) in [6.07, 6.45) is 0. The number of rotatable bonds is 8. The van der Waals surface area contributed by atoms with Gasteiger partial charge in [-0.2, -0.15) is 0 Å². The van der Waals surface area contributed by atoms with Crippen LogP contribution in [0.1, 0.15) is 17.3 Å². The van der Waals surface area contributed by atoms with E-state index in [0.29, 0.717) is 5.69 Å². The highest BCUT2D eigenvalue weighted by molar-refractivity contribution is 7.93. The lowest BCUT2D eigenvalue weighted by Gasteiger charge is -2.23. The first-order valence-electron chi connectivity index (χ1n) is 9.79. The number of nitrogens with one attached hydrogen (secondary N) is 1. The molecular formula is C22H18Cl3N3O5S. The van der Waals surface area contributed by atoms with Gasteiger partial charge in [-0.25, -0.2) is 18.2 Å². The summed E-state index contributed by atoms with van der Waals surface area (Å²) in [4.78, 5) is 28.0. The smallest absolute Gasteiger partial charge is 0.338 e. The number of hydrogen-bond acceptors (Lipinski definition) is 6. The van der Waals surface area contributed by atoms with Crippen molar-refractivity contribution in [1.82, 2.24) is 4.98 Å². The number of aromatic nitrogens is 1. The van der Waals surface area contributed by atoms with Crippen molar-refractivity contribution in [1.29, 1.82) is 0 Å². The first kappa shape index (κ1) is 25.8. The molecule has 12 heteroatoms. The predicted octanol–water partition coefficient (Wildman–Crippen LogP) is 5.05. The van der Waals surface area contributed by atoms with Crippen LogP contribution in [0.15, 0.2) is 65.6 Å². The van der Waals surface area contributed by atoms with Crippen molar-refractivity contribution >= 4 is 68.1 Å². The van der Waals surface area contributed by atoms with Gasteiger partial charge in [0.2, 0.25) is 0 Å². The summed E-state index contributed by atoms with van der Waals surface area (Å²) in [6.45, 7) is 1.23. The van der Waals surface area contributed by atoms with Crippen LogP contribution in [0.25, 0.3) is 0 Å². The van der Waals surface area contributed by atoms with Crippen LogP contribution in [-0.2, 0) is 19.6 Å². The predicted molar refractivity (Wildman–Crippen MR) is 131 cm³/mol.